The van der Waals surface area contributed by atoms with Crippen molar-refractivity contribution in [3.05, 3.63) is 70.3 Å². The first-order valence-electron chi connectivity index (χ1n) is 6.90. The zero-order chi connectivity index (χ0) is 15.0. The van der Waals surface area contributed by atoms with E-state index in [1.165, 1.54) is 4.52 Å². The smallest absolute Gasteiger partial charge is 0.276 e. The molecule has 0 bridgehead atoms. The largest absolute Gasteiger partial charge is 0.293 e. The summed E-state index contributed by atoms with van der Waals surface area (Å²) in [6.45, 7) is 7.53. The molecule has 1 aromatic carbocycles. The predicted molar refractivity (Wildman–Crippen MR) is 84.6 cm³/mol. The van der Waals surface area contributed by atoms with Crippen molar-refractivity contribution >= 4 is 5.65 Å². The van der Waals surface area contributed by atoms with Crippen LogP contribution in [0.2, 0.25) is 0 Å². The van der Waals surface area contributed by atoms with Gasteiger partial charge in [0.05, 0.1) is 0 Å². The summed E-state index contributed by atoms with van der Waals surface area (Å²) in [4.78, 5) is 17.2. The lowest BCUT2D eigenvalue weighted by molar-refractivity contribution is 0.850. The van der Waals surface area contributed by atoms with Gasteiger partial charge in [0.15, 0.2) is 5.65 Å². The van der Waals surface area contributed by atoms with Crippen molar-refractivity contribution in [3.63, 3.8) is 0 Å². The molecule has 0 amide bonds. The molecular formula is C17H17N3O. The van der Waals surface area contributed by atoms with Crippen molar-refractivity contribution in [3.8, 4) is 11.1 Å². The Morgan fingerprint density at radius 2 is 2.00 bits per heavy atom. The van der Waals surface area contributed by atoms with Gasteiger partial charge in [-0.3, -0.25) is 9.89 Å². The lowest BCUT2D eigenvalue weighted by Gasteiger charge is -2.04. The Kier molecular flexibility index (Phi) is 3.22. The fraction of sp³-hybridized carbons (Fsp3) is 0.176. The Labute approximate surface area is 122 Å². The van der Waals surface area contributed by atoms with Gasteiger partial charge in [-0.1, -0.05) is 36.4 Å². The molecule has 0 radical (unpaired) electrons. The number of benzene rings is 1. The molecule has 0 aliphatic heterocycles. The molecule has 106 valence electrons. The van der Waals surface area contributed by atoms with E-state index in [0.717, 1.165) is 22.5 Å². The maximum atomic E-state index is 12.6. The van der Waals surface area contributed by atoms with E-state index in [1.807, 2.05) is 44.2 Å². The van der Waals surface area contributed by atoms with E-state index in [2.05, 4.69) is 16.7 Å². The summed E-state index contributed by atoms with van der Waals surface area (Å²) in [7, 11) is 0. The van der Waals surface area contributed by atoms with Crippen LogP contribution in [0.3, 0.4) is 0 Å². The fourth-order valence-electron chi connectivity index (χ4n) is 2.65. The third-order valence-corrected chi connectivity index (χ3v) is 3.67. The van der Waals surface area contributed by atoms with E-state index in [4.69, 9.17) is 0 Å². The van der Waals surface area contributed by atoms with Crippen LogP contribution in [0.25, 0.3) is 16.8 Å². The maximum absolute atomic E-state index is 12.6. The van der Waals surface area contributed by atoms with Gasteiger partial charge in [0.1, 0.15) is 0 Å². The Balaban J connectivity index is 2.37. The number of hydrogen-bond acceptors (Lipinski definition) is 2. The normalized spacial score (nSPS) is 11.0. The molecule has 4 nitrogen and oxygen atoms in total. The average molecular weight is 279 g/mol. The van der Waals surface area contributed by atoms with E-state index in [1.54, 1.807) is 6.08 Å². The molecule has 0 aliphatic rings. The molecule has 3 rings (SSSR count). The molecule has 2 heterocycles. The third kappa shape index (κ3) is 2.09. The van der Waals surface area contributed by atoms with Crippen LogP contribution in [0.4, 0.5) is 0 Å². The first-order valence-corrected chi connectivity index (χ1v) is 6.90. The summed E-state index contributed by atoms with van der Waals surface area (Å²) in [6, 6.07) is 9.98. The van der Waals surface area contributed by atoms with Crippen LogP contribution < -0.4 is 5.56 Å². The molecule has 2 aromatic heterocycles. The number of fused-ring (bicyclic) bond motifs is 1. The number of aryl methyl sites for hydroxylation is 2. The Bertz CT molecular complexity index is 872. The highest BCUT2D eigenvalue weighted by Gasteiger charge is 2.16. The molecule has 21 heavy (non-hydrogen) atoms. The van der Waals surface area contributed by atoms with E-state index in [-0.39, 0.29) is 5.56 Å². The van der Waals surface area contributed by atoms with Crippen molar-refractivity contribution in [2.75, 3.05) is 0 Å². The number of nitrogens with one attached hydrogen (secondary N) is 1. The van der Waals surface area contributed by atoms with Crippen LogP contribution in [0, 0.1) is 13.8 Å². The second-order valence-corrected chi connectivity index (χ2v) is 5.11. The van der Waals surface area contributed by atoms with Gasteiger partial charge in [-0.15, -0.1) is 6.58 Å². The Morgan fingerprint density at radius 1 is 1.29 bits per heavy atom. The lowest BCUT2D eigenvalue weighted by Crippen LogP contribution is -2.21. The molecule has 0 saturated heterocycles. The second-order valence-electron chi connectivity index (χ2n) is 5.11. The van der Waals surface area contributed by atoms with Gasteiger partial charge in [-0.25, -0.2) is 9.50 Å². The molecule has 3 aromatic rings. The number of hydrogen-bond donors (Lipinski definition) is 1. The number of allylic oxidation sites excluding steroid dienone is 1. The number of aromatic amines is 1. The summed E-state index contributed by atoms with van der Waals surface area (Å²) < 4.78 is 1.53. The summed E-state index contributed by atoms with van der Waals surface area (Å²) in [5.41, 5.74) is 5.02. The maximum Gasteiger partial charge on any atom is 0.276 e. The van der Waals surface area contributed by atoms with Crippen LogP contribution in [-0.2, 0) is 6.42 Å². The zero-order valence-electron chi connectivity index (χ0n) is 12.2. The van der Waals surface area contributed by atoms with Gasteiger partial charge >= 0.3 is 0 Å². The van der Waals surface area contributed by atoms with Crippen LogP contribution in [0.1, 0.15) is 17.0 Å². The average Bonchev–Trinajstić information content (AvgIpc) is 2.81. The Hall–Kier alpha value is -2.62. The van der Waals surface area contributed by atoms with E-state index in [0.29, 0.717) is 17.6 Å². The van der Waals surface area contributed by atoms with Gasteiger partial charge in [-0.05, 0) is 25.8 Å². The van der Waals surface area contributed by atoms with Gasteiger partial charge in [-0.2, -0.15) is 0 Å². The van der Waals surface area contributed by atoms with Crippen molar-refractivity contribution in [1.82, 2.24) is 14.6 Å². The quantitative estimate of drug-likeness (QED) is 0.749. The third-order valence-electron chi connectivity index (χ3n) is 3.67. The molecule has 0 atom stereocenters. The highest BCUT2D eigenvalue weighted by molar-refractivity contribution is 5.79. The highest BCUT2D eigenvalue weighted by Crippen LogP contribution is 2.26. The molecule has 0 aliphatic carbocycles. The number of nitrogens with zero attached hydrogens (tertiary/aromatic N) is 2. The topological polar surface area (TPSA) is 50.2 Å². The lowest BCUT2D eigenvalue weighted by atomic mass is 10.1. The molecule has 0 spiro atoms. The second kappa shape index (κ2) is 5.05. The number of H-pyrrole nitrogens is 1. The molecule has 0 fully saturated rings. The number of aromatic nitrogens is 3. The molecule has 1 N–H and O–H groups in total. The van der Waals surface area contributed by atoms with Crippen LogP contribution in [0.5, 0.6) is 0 Å². The van der Waals surface area contributed by atoms with Crippen molar-refractivity contribution < 1.29 is 0 Å². The minimum atomic E-state index is -0.0531. The fourth-order valence-corrected chi connectivity index (χ4v) is 2.65. The molecular weight excluding hydrogens is 262 g/mol. The minimum absolute atomic E-state index is 0.0531. The van der Waals surface area contributed by atoms with Gasteiger partial charge in [0.2, 0.25) is 0 Å². The predicted octanol–water partition coefficient (Wildman–Crippen LogP) is 3.03. The van der Waals surface area contributed by atoms with Gasteiger partial charge < -0.3 is 0 Å². The van der Waals surface area contributed by atoms with Crippen LogP contribution in [0.15, 0.2) is 47.8 Å². The van der Waals surface area contributed by atoms with Crippen molar-refractivity contribution in [2.24, 2.45) is 0 Å². The van der Waals surface area contributed by atoms with Crippen LogP contribution in [-0.4, -0.2) is 14.6 Å². The van der Waals surface area contributed by atoms with Crippen molar-refractivity contribution in [2.45, 2.75) is 20.3 Å². The summed E-state index contributed by atoms with van der Waals surface area (Å²) in [5, 5.41) is 3.13. The highest BCUT2D eigenvalue weighted by atomic mass is 16.1. The summed E-state index contributed by atoms with van der Waals surface area (Å²) in [5.74, 6) is 0. The number of rotatable bonds is 3. The standard InChI is InChI=1S/C17H17N3O/c1-4-8-14-11(2)18-16-15(13-9-6-5-7-10-13)12(3)19-20(16)17(14)21/h4-7,9-10,19H,1,8H2,2-3H3. The minimum Gasteiger partial charge on any atom is -0.293 e. The van der Waals surface area contributed by atoms with E-state index >= 15 is 0 Å². The molecule has 4 heteroatoms. The molecule has 0 saturated carbocycles. The zero-order valence-corrected chi connectivity index (χ0v) is 12.2. The van der Waals surface area contributed by atoms with Crippen LogP contribution >= 0.6 is 0 Å². The Morgan fingerprint density at radius 3 is 2.67 bits per heavy atom. The molecule has 0 unspecified atom stereocenters. The van der Waals surface area contributed by atoms with Gasteiger partial charge in [0, 0.05) is 22.5 Å². The van der Waals surface area contributed by atoms with E-state index < -0.39 is 0 Å². The summed E-state index contributed by atoms with van der Waals surface area (Å²) in [6.07, 6.45) is 2.26. The van der Waals surface area contributed by atoms with E-state index in [9.17, 15) is 4.79 Å². The SMILES string of the molecule is C=CCc1c(C)nc2c(-c3ccccc3)c(C)[nH]n2c1=O. The first kappa shape index (κ1) is 13.4. The summed E-state index contributed by atoms with van der Waals surface area (Å²) >= 11 is 0. The first-order chi connectivity index (χ1) is 10.1. The van der Waals surface area contributed by atoms with Crippen molar-refractivity contribution in [1.29, 1.82) is 0 Å². The van der Waals surface area contributed by atoms with Gasteiger partial charge in [0.25, 0.3) is 5.56 Å². The monoisotopic (exact) mass is 279 g/mol.